The van der Waals surface area contributed by atoms with Crippen molar-refractivity contribution in [3.05, 3.63) is 108 Å². The zero-order valence-electron chi connectivity index (χ0n) is 19.3. The maximum Gasteiger partial charge on any atom is 0.252 e. The molecule has 174 valence electrons. The van der Waals surface area contributed by atoms with Crippen LogP contribution >= 0.6 is 0 Å². The molecule has 2 aromatic carbocycles. The molecule has 0 aliphatic carbocycles. The van der Waals surface area contributed by atoms with Crippen LogP contribution in [-0.2, 0) is 11.2 Å². The highest BCUT2D eigenvalue weighted by Gasteiger charge is 2.32. The number of hydrogen-bond donors (Lipinski definition) is 1. The predicted octanol–water partition coefficient (Wildman–Crippen LogP) is 4.35. The molecule has 2 unspecified atom stereocenters. The summed E-state index contributed by atoms with van der Waals surface area (Å²) < 4.78 is 5.53. The van der Waals surface area contributed by atoms with Crippen LogP contribution in [0.15, 0.2) is 91.3 Å². The third kappa shape index (κ3) is 5.70. The van der Waals surface area contributed by atoms with Crippen molar-refractivity contribution in [2.45, 2.75) is 31.8 Å². The lowest BCUT2D eigenvalue weighted by atomic mass is 9.97. The molecule has 2 atom stereocenters. The number of rotatable bonds is 8. The molecule has 34 heavy (non-hydrogen) atoms. The summed E-state index contributed by atoms with van der Waals surface area (Å²) >= 11 is 0. The molecule has 0 saturated carbocycles. The highest BCUT2D eigenvalue weighted by Crippen LogP contribution is 2.28. The molecule has 4 rings (SSSR count). The van der Waals surface area contributed by atoms with Crippen LogP contribution in [0.4, 0.5) is 0 Å². The van der Waals surface area contributed by atoms with Crippen LogP contribution in [0.2, 0.25) is 0 Å². The molecule has 6 heteroatoms. The van der Waals surface area contributed by atoms with Crippen molar-refractivity contribution in [2.75, 3.05) is 13.2 Å². The van der Waals surface area contributed by atoms with Crippen LogP contribution in [0.1, 0.15) is 40.9 Å². The Labute approximate surface area is 200 Å². The Kier molecular flexibility index (Phi) is 7.71. The summed E-state index contributed by atoms with van der Waals surface area (Å²) in [5.41, 5.74) is 2.42. The van der Waals surface area contributed by atoms with Gasteiger partial charge in [-0.25, -0.2) is 0 Å². The number of pyridine rings is 1. The minimum absolute atomic E-state index is 0.114. The Hall–Kier alpha value is -3.93. The van der Waals surface area contributed by atoms with Crippen LogP contribution in [0.5, 0.6) is 5.75 Å². The average Bonchev–Trinajstić information content (AvgIpc) is 2.89. The first kappa shape index (κ1) is 23.2. The van der Waals surface area contributed by atoms with Gasteiger partial charge in [-0.2, -0.15) is 0 Å². The average molecular weight is 456 g/mol. The maximum absolute atomic E-state index is 13.9. The molecule has 1 aromatic heterocycles. The largest absolute Gasteiger partial charge is 0.494 e. The minimum Gasteiger partial charge on any atom is -0.494 e. The first-order valence-electron chi connectivity index (χ1n) is 11.6. The fourth-order valence-corrected chi connectivity index (χ4v) is 4.19. The number of carbonyl (C=O) groups excluding carboxylic acids is 2. The van der Waals surface area contributed by atoms with E-state index in [0.717, 1.165) is 11.1 Å². The highest BCUT2D eigenvalue weighted by molar-refractivity contribution is 5.98. The van der Waals surface area contributed by atoms with E-state index < -0.39 is 6.04 Å². The SMILES string of the molecule is CCOc1cccc(C(=O)NC(Cc2ccccc2)C(=O)N2CC=CCC2c2cccnc2)c1. The lowest BCUT2D eigenvalue weighted by molar-refractivity contribution is -0.135. The van der Waals surface area contributed by atoms with E-state index >= 15 is 0 Å². The third-order valence-electron chi connectivity index (χ3n) is 5.85. The minimum atomic E-state index is -0.712. The summed E-state index contributed by atoms with van der Waals surface area (Å²) in [4.78, 5) is 33.1. The van der Waals surface area contributed by atoms with Gasteiger partial charge in [-0.3, -0.25) is 14.6 Å². The first-order chi connectivity index (χ1) is 16.7. The Balaban J connectivity index is 1.60. The van der Waals surface area contributed by atoms with E-state index in [-0.39, 0.29) is 17.9 Å². The van der Waals surface area contributed by atoms with Crippen LogP contribution < -0.4 is 10.1 Å². The fourth-order valence-electron chi connectivity index (χ4n) is 4.19. The van der Waals surface area contributed by atoms with Gasteiger partial charge in [0.2, 0.25) is 5.91 Å². The van der Waals surface area contributed by atoms with Gasteiger partial charge in [0.1, 0.15) is 11.8 Å². The first-order valence-corrected chi connectivity index (χ1v) is 11.6. The number of benzene rings is 2. The van der Waals surface area contributed by atoms with E-state index in [1.165, 1.54) is 0 Å². The van der Waals surface area contributed by atoms with Gasteiger partial charge >= 0.3 is 0 Å². The number of amides is 2. The van der Waals surface area contributed by atoms with Crippen molar-refractivity contribution in [2.24, 2.45) is 0 Å². The zero-order chi connectivity index (χ0) is 23.8. The third-order valence-corrected chi connectivity index (χ3v) is 5.85. The molecule has 2 heterocycles. The van der Waals surface area contributed by atoms with Crippen molar-refractivity contribution in [1.82, 2.24) is 15.2 Å². The van der Waals surface area contributed by atoms with E-state index in [1.54, 1.807) is 30.6 Å². The molecular weight excluding hydrogens is 426 g/mol. The fraction of sp³-hybridized carbons (Fsp3) is 0.250. The van der Waals surface area contributed by atoms with E-state index in [1.807, 2.05) is 66.4 Å². The second kappa shape index (κ2) is 11.3. The molecule has 3 aromatic rings. The second-order valence-corrected chi connectivity index (χ2v) is 8.18. The molecule has 0 spiro atoms. The van der Waals surface area contributed by atoms with Crippen LogP contribution in [-0.4, -0.2) is 40.9 Å². The molecule has 2 amide bonds. The summed E-state index contributed by atoms with van der Waals surface area (Å²) in [7, 11) is 0. The topological polar surface area (TPSA) is 71.5 Å². The van der Waals surface area contributed by atoms with E-state index in [0.29, 0.717) is 37.3 Å². The molecule has 1 aliphatic rings. The van der Waals surface area contributed by atoms with Crippen LogP contribution in [0.3, 0.4) is 0 Å². The van der Waals surface area contributed by atoms with E-state index in [9.17, 15) is 9.59 Å². The van der Waals surface area contributed by atoms with Crippen molar-refractivity contribution < 1.29 is 14.3 Å². The number of aromatic nitrogens is 1. The molecule has 0 bridgehead atoms. The number of carbonyl (C=O) groups is 2. The predicted molar refractivity (Wildman–Crippen MR) is 131 cm³/mol. The summed E-state index contributed by atoms with van der Waals surface area (Å²) in [6.45, 7) is 2.89. The van der Waals surface area contributed by atoms with Gasteiger partial charge in [-0.15, -0.1) is 0 Å². The smallest absolute Gasteiger partial charge is 0.252 e. The monoisotopic (exact) mass is 455 g/mol. The van der Waals surface area contributed by atoms with Crippen molar-refractivity contribution in [3.63, 3.8) is 0 Å². The second-order valence-electron chi connectivity index (χ2n) is 8.18. The van der Waals surface area contributed by atoms with Crippen LogP contribution in [0, 0.1) is 0 Å². The van der Waals surface area contributed by atoms with Gasteiger partial charge in [-0.1, -0.05) is 54.6 Å². The summed E-state index contributed by atoms with van der Waals surface area (Å²) in [6.07, 6.45) is 8.72. The molecule has 1 N–H and O–H groups in total. The van der Waals surface area contributed by atoms with Gasteiger partial charge in [0.15, 0.2) is 0 Å². The van der Waals surface area contributed by atoms with Gasteiger partial charge < -0.3 is 15.0 Å². The quantitative estimate of drug-likeness (QED) is 0.513. The van der Waals surface area contributed by atoms with E-state index in [2.05, 4.69) is 16.4 Å². The molecule has 6 nitrogen and oxygen atoms in total. The maximum atomic E-state index is 13.9. The number of ether oxygens (including phenoxy) is 1. The van der Waals surface area contributed by atoms with Gasteiger partial charge in [0, 0.05) is 30.9 Å². The zero-order valence-corrected chi connectivity index (χ0v) is 19.3. The lowest BCUT2D eigenvalue weighted by Gasteiger charge is -2.36. The standard InChI is InChI=1S/C28H29N3O3/c1-2-34-24-14-8-12-22(19-24)27(32)30-25(18-21-10-4-3-5-11-21)28(33)31-17-7-6-15-26(31)23-13-9-16-29-20-23/h3-14,16,19-20,25-26H,2,15,17-18H2,1H3,(H,30,32). The summed E-state index contributed by atoms with van der Waals surface area (Å²) in [6, 6.07) is 19.8. The molecule has 0 radical (unpaired) electrons. The lowest BCUT2D eigenvalue weighted by Crippen LogP contribution is -2.51. The Morgan fingerprint density at radius 3 is 2.71 bits per heavy atom. The Morgan fingerprint density at radius 1 is 1.09 bits per heavy atom. The van der Waals surface area contributed by atoms with Crippen molar-refractivity contribution in [1.29, 1.82) is 0 Å². The molecule has 0 fully saturated rings. The van der Waals surface area contributed by atoms with Gasteiger partial charge in [0.05, 0.1) is 12.6 Å². The summed E-state index contributed by atoms with van der Waals surface area (Å²) in [5, 5.41) is 2.99. The van der Waals surface area contributed by atoms with Gasteiger partial charge in [-0.05, 0) is 48.7 Å². The number of nitrogens with one attached hydrogen (secondary N) is 1. The van der Waals surface area contributed by atoms with Crippen molar-refractivity contribution >= 4 is 11.8 Å². The van der Waals surface area contributed by atoms with Crippen LogP contribution in [0.25, 0.3) is 0 Å². The molecule has 1 aliphatic heterocycles. The van der Waals surface area contributed by atoms with Crippen molar-refractivity contribution in [3.8, 4) is 5.75 Å². The molecular formula is C28H29N3O3. The highest BCUT2D eigenvalue weighted by atomic mass is 16.5. The Bertz CT molecular complexity index is 1130. The van der Waals surface area contributed by atoms with Gasteiger partial charge in [0.25, 0.3) is 5.91 Å². The number of nitrogens with zero attached hydrogens (tertiary/aromatic N) is 2. The molecule has 0 saturated heterocycles. The normalized spacial score (nSPS) is 16.0. The Morgan fingerprint density at radius 2 is 1.94 bits per heavy atom. The number of hydrogen-bond acceptors (Lipinski definition) is 4. The van der Waals surface area contributed by atoms with E-state index in [4.69, 9.17) is 4.74 Å². The summed E-state index contributed by atoms with van der Waals surface area (Å²) in [5.74, 6) is 0.205.